The number of nitrogens with zero attached hydrogens (tertiary/aromatic N) is 4. The van der Waals surface area contributed by atoms with Gasteiger partial charge < -0.3 is 5.11 Å². The summed E-state index contributed by atoms with van der Waals surface area (Å²) in [4.78, 5) is 2.39. The van der Waals surface area contributed by atoms with E-state index in [1.165, 1.54) is 4.31 Å². The summed E-state index contributed by atoms with van der Waals surface area (Å²) in [6.07, 6.45) is 0. The Morgan fingerprint density at radius 1 is 1.20 bits per heavy atom. The van der Waals surface area contributed by atoms with E-state index in [2.05, 4.69) is 10.00 Å². The SMILES string of the molecule is Cc1nn(C)c(C)c1S(=O)(=O)N1CCN(CCO)CC1. The molecule has 20 heavy (non-hydrogen) atoms. The van der Waals surface area contributed by atoms with Crippen LogP contribution in [-0.4, -0.2) is 71.8 Å². The van der Waals surface area contributed by atoms with E-state index in [0.29, 0.717) is 49.0 Å². The first-order valence-corrected chi connectivity index (χ1v) is 8.15. The predicted octanol–water partition coefficient (Wildman–Crippen LogP) is -0.664. The monoisotopic (exact) mass is 302 g/mol. The molecular formula is C12H22N4O3S. The highest BCUT2D eigenvalue weighted by molar-refractivity contribution is 7.89. The number of piperazine rings is 1. The van der Waals surface area contributed by atoms with E-state index in [1.807, 2.05) is 0 Å². The van der Waals surface area contributed by atoms with Gasteiger partial charge in [0.05, 0.1) is 18.0 Å². The number of hydrogen-bond acceptors (Lipinski definition) is 5. The van der Waals surface area contributed by atoms with Crippen LogP contribution < -0.4 is 0 Å². The second-order valence-corrected chi connectivity index (χ2v) is 6.97. The maximum Gasteiger partial charge on any atom is 0.246 e. The van der Waals surface area contributed by atoms with Crippen molar-refractivity contribution in [2.75, 3.05) is 39.3 Å². The minimum Gasteiger partial charge on any atom is -0.395 e. The summed E-state index contributed by atoms with van der Waals surface area (Å²) < 4.78 is 28.5. The van der Waals surface area contributed by atoms with Crippen LogP contribution in [0.3, 0.4) is 0 Å². The largest absolute Gasteiger partial charge is 0.395 e. The minimum absolute atomic E-state index is 0.105. The van der Waals surface area contributed by atoms with Crippen LogP contribution in [0.1, 0.15) is 11.4 Å². The lowest BCUT2D eigenvalue weighted by atomic mass is 10.4. The second kappa shape index (κ2) is 5.80. The van der Waals surface area contributed by atoms with Crippen LogP contribution in [0.4, 0.5) is 0 Å². The maximum absolute atomic E-state index is 12.7. The molecular weight excluding hydrogens is 280 g/mol. The topological polar surface area (TPSA) is 78.7 Å². The fourth-order valence-electron chi connectivity index (χ4n) is 2.59. The van der Waals surface area contributed by atoms with Gasteiger partial charge in [0.2, 0.25) is 10.0 Å². The molecule has 114 valence electrons. The van der Waals surface area contributed by atoms with Crippen LogP contribution in [-0.2, 0) is 17.1 Å². The van der Waals surface area contributed by atoms with Crippen LogP contribution in [0.2, 0.25) is 0 Å². The molecule has 1 N–H and O–H groups in total. The van der Waals surface area contributed by atoms with Gasteiger partial charge in [-0.25, -0.2) is 8.42 Å². The van der Waals surface area contributed by atoms with Gasteiger partial charge in [-0.2, -0.15) is 9.40 Å². The predicted molar refractivity (Wildman–Crippen MR) is 75.0 cm³/mol. The molecule has 1 aliphatic heterocycles. The second-order valence-electron chi connectivity index (χ2n) is 5.09. The summed E-state index contributed by atoms with van der Waals surface area (Å²) in [6, 6.07) is 0. The third kappa shape index (κ3) is 2.73. The fourth-order valence-corrected chi connectivity index (χ4v) is 4.41. The zero-order valence-corrected chi connectivity index (χ0v) is 13.0. The van der Waals surface area contributed by atoms with Gasteiger partial charge in [-0.05, 0) is 13.8 Å². The summed E-state index contributed by atoms with van der Waals surface area (Å²) in [5.41, 5.74) is 1.21. The van der Waals surface area contributed by atoms with E-state index in [1.54, 1.807) is 25.6 Å². The molecule has 0 radical (unpaired) electrons. The van der Waals surface area contributed by atoms with Crippen molar-refractivity contribution >= 4 is 10.0 Å². The quantitative estimate of drug-likeness (QED) is 0.798. The van der Waals surface area contributed by atoms with Crippen molar-refractivity contribution in [2.45, 2.75) is 18.7 Å². The van der Waals surface area contributed by atoms with Crippen LogP contribution in [0, 0.1) is 13.8 Å². The molecule has 1 aliphatic rings. The highest BCUT2D eigenvalue weighted by atomic mass is 32.2. The smallest absolute Gasteiger partial charge is 0.246 e. The third-order valence-electron chi connectivity index (χ3n) is 3.79. The van der Waals surface area contributed by atoms with E-state index in [-0.39, 0.29) is 6.61 Å². The standard InChI is InChI=1S/C12H22N4O3S/c1-10-12(11(2)14(3)13-10)20(18,19)16-6-4-15(5-7-16)8-9-17/h17H,4-9H2,1-3H3. The van der Waals surface area contributed by atoms with Gasteiger partial charge in [-0.1, -0.05) is 0 Å². The molecule has 8 heteroatoms. The first-order chi connectivity index (χ1) is 9.37. The van der Waals surface area contributed by atoms with Crippen LogP contribution >= 0.6 is 0 Å². The number of sulfonamides is 1. The third-order valence-corrected chi connectivity index (χ3v) is 5.94. The molecule has 0 aliphatic carbocycles. The van der Waals surface area contributed by atoms with Gasteiger partial charge in [0.15, 0.2) is 0 Å². The molecule has 2 heterocycles. The Morgan fingerprint density at radius 3 is 2.25 bits per heavy atom. The average Bonchev–Trinajstić information content (AvgIpc) is 2.64. The normalized spacial score (nSPS) is 18.6. The molecule has 0 aromatic carbocycles. The molecule has 1 aromatic rings. The van der Waals surface area contributed by atoms with Crippen molar-refractivity contribution < 1.29 is 13.5 Å². The summed E-state index contributed by atoms with van der Waals surface area (Å²) in [7, 11) is -1.73. The molecule has 1 aromatic heterocycles. The average molecular weight is 302 g/mol. The Morgan fingerprint density at radius 2 is 1.80 bits per heavy atom. The highest BCUT2D eigenvalue weighted by Crippen LogP contribution is 2.23. The molecule has 0 saturated carbocycles. The Hall–Kier alpha value is -0.960. The Kier molecular flexibility index (Phi) is 4.48. The molecule has 7 nitrogen and oxygen atoms in total. The first kappa shape index (κ1) is 15.4. The van der Waals surface area contributed by atoms with Crippen LogP contribution in [0.25, 0.3) is 0 Å². The number of aryl methyl sites for hydroxylation is 2. The zero-order chi connectivity index (χ0) is 14.9. The summed E-state index contributed by atoms with van der Waals surface area (Å²) in [5, 5.41) is 13.1. The first-order valence-electron chi connectivity index (χ1n) is 6.71. The lowest BCUT2D eigenvalue weighted by molar-refractivity contribution is 0.151. The van der Waals surface area contributed by atoms with E-state index < -0.39 is 10.0 Å². The Balaban J connectivity index is 2.20. The van der Waals surface area contributed by atoms with E-state index >= 15 is 0 Å². The summed E-state index contributed by atoms with van der Waals surface area (Å²) in [5.74, 6) is 0. The van der Waals surface area contributed by atoms with Gasteiger partial charge in [0.1, 0.15) is 4.90 Å². The lowest BCUT2D eigenvalue weighted by Crippen LogP contribution is -2.49. The van der Waals surface area contributed by atoms with Crippen LogP contribution in [0.5, 0.6) is 0 Å². The van der Waals surface area contributed by atoms with E-state index in [0.717, 1.165) is 0 Å². The number of rotatable bonds is 4. The van der Waals surface area contributed by atoms with Gasteiger partial charge in [-0.3, -0.25) is 9.58 Å². The molecule has 0 amide bonds. The van der Waals surface area contributed by atoms with Gasteiger partial charge in [0.25, 0.3) is 0 Å². The fraction of sp³-hybridized carbons (Fsp3) is 0.750. The van der Waals surface area contributed by atoms with Crippen molar-refractivity contribution in [1.29, 1.82) is 0 Å². The van der Waals surface area contributed by atoms with Crippen molar-refractivity contribution in [2.24, 2.45) is 7.05 Å². The number of aliphatic hydroxyl groups is 1. The van der Waals surface area contributed by atoms with Gasteiger partial charge in [-0.15, -0.1) is 0 Å². The van der Waals surface area contributed by atoms with E-state index in [9.17, 15) is 8.42 Å². The molecule has 0 spiro atoms. The van der Waals surface area contributed by atoms with Crippen molar-refractivity contribution in [1.82, 2.24) is 19.0 Å². The molecule has 0 unspecified atom stereocenters. The highest BCUT2D eigenvalue weighted by Gasteiger charge is 2.32. The van der Waals surface area contributed by atoms with Crippen LogP contribution in [0.15, 0.2) is 4.90 Å². The number of hydrogen-bond donors (Lipinski definition) is 1. The molecule has 1 fully saturated rings. The lowest BCUT2D eigenvalue weighted by Gasteiger charge is -2.33. The minimum atomic E-state index is -3.48. The number of aromatic nitrogens is 2. The molecule has 0 atom stereocenters. The number of β-amino-alcohol motifs (C(OH)–C–C–N with tert-alkyl or cyclic N) is 1. The maximum atomic E-state index is 12.7. The summed E-state index contributed by atoms with van der Waals surface area (Å²) >= 11 is 0. The Labute approximate surface area is 119 Å². The molecule has 1 saturated heterocycles. The Bertz CT molecular complexity index is 574. The van der Waals surface area contributed by atoms with E-state index in [4.69, 9.17) is 5.11 Å². The van der Waals surface area contributed by atoms with Gasteiger partial charge in [0, 0.05) is 39.8 Å². The van der Waals surface area contributed by atoms with Crippen molar-refractivity contribution in [3.8, 4) is 0 Å². The van der Waals surface area contributed by atoms with Crippen molar-refractivity contribution in [3.63, 3.8) is 0 Å². The van der Waals surface area contributed by atoms with Gasteiger partial charge >= 0.3 is 0 Å². The molecule has 2 rings (SSSR count). The van der Waals surface area contributed by atoms with Crippen molar-refractivity contribution in [3.05, 3.63) is 11.4 Å². The zero-order valence-electron chi connectivity index (χ0n) is 12.2. The number of aliphatic hydroxyl groups excluding tert-OH is 1. The summed E-state index contributed by atoms with van der Waals surface area (Å²) in [6.45, 7) is 6.41. The molecule has 0 bridgehead atoms.